The van der Waals surface area contributed by atoms with Crippen LogP contribution in [0.3, 0.4) is 0 Å². The van der Waals surface area contributed by atoms with Crippen LogP contribution in [0.1, 0.15) is 53.4 Å². The van der Waals surface area contributed by atoms with Crippen molar-refractivity contribution >= 4 is 0 Å². The zero-order valence-electron chi connectivity index (χ0n) is 9.27. The third kappa shape index (κ3) is 4.10. The van der Waals surface area contributed by atoms with E-state index in [1.54, 1.807) is 0 Å². The van der Waals surface area contributed by atoms with Crippen LogP contribution in [0.4, 0.5) is 0 Å². The second-order valence-corrected chi connectivity index (χ2v) is 3.51. The maximum absolute atomic E-state index is 2.64. The van der Waals surface area contributed by atoms with Gasteiger partial charge in [-0.2, -0.15) is 0 Å². The van der Waals surface area contributed by atoms with Crippen molar-refractivity contribution in [3.8, 4) is 0 Å². The predicted octanol–water partition coefficient (Wildman–Crippen LogP) is 3.30. The van der Waals surface area contributed by atoms with Gasteiger partial charge in [0.1, 0.15) is 0 Å². The van der Waals surface area contributed by atoms with Crippen LogP contribution in [0.5, 0.6) is 0 Å². The molecule has 0 aromatic heterocycles. The highest BCUT2D eigenvalue weighted by molar-refractivity contribution is 4.67. The number of hydrogen-bond donors (Lipinski definition) is 0. The Morgan fingerprint density at radius 3 is 1.50 bits per heavy atom. The van der Waals surface area contributed by atoms with E-state index in [-0.39, 0.29) is 0 Å². The highest BCUT2D eigenvalue weighted by Gasteiger charge is 2.11. The largest absolute Gasteiger partial charge is 0.300 e. The summed E-state index contributed by atoms with van der Waals surface area (Å²) < 4.78 is 0. The number of rotatable bonds is 7. The highest BCUT2D eigenvalue weighted by Crippen LogP contribution is 2.09. The molecule has 0 saturated heterocycles. The molecule has 0 atom stereocenters. The third-order valence-corrected chi connectivity index (χ3v) is 2.48. The SMILES string of the molecule is CCCN(CCC)C(CC)CC. The van der Waals surface area contributed by atoms with Crippen molar-refractivity contribution in [2.75, 3.05) is 13.1 Å². The molecule has 0 bridgehead atoms. The van der Waals surface area contributed by atoms with Crippen LogP contribution in [0.25, 0.3) is 0 Å². The molecule has 0 saturated carbocycles. The van der Waals surface area contributed by atoms with E-state index < -0.39 is 0 Å². The fraction of sp³-hybridized carbons (Fsp3) is 1.00. The molecule has 0 aliphatic heterocycles. The van der Waals surface area contributed by atoms with Crippen LogP contribution in [0.2, 0.25) is 0 Å². The molecular weight excluding hydrogens is 146 g/mol. The summed E-state index contributed by atoms with van der Waals surface area (Å²) in [5.74, 6) is 0. The molecule has 0 radical (unpaired) electrons. The maximum Gasteiger partial charge on any atom is 0.00900 e. The van der Waals surface area contributed by atoms with Crippen LogP contribution >= 0.6 is 0 Å². The summed E-state index contributed by atoms with van der Waals surface area (Å²) in [6.07, 6.45) is 5.18. The molecule has 0 aliphatic rings. The van der Waals surface area contributed by atoms with E-state index in [4.69, 9.17) is 0 Å². The second kappa shape index (κ2) is 7.60. The van der Waals surface area contributed by atoms with Gasteiger partial charge in [-0.3, -0.25) is 0 Å². The van der Waals surface area contributed by atoms with Gasteiger partial charge in [0.15, 0.2) is 0 Å². The standard InChI is InChI=1S/C11H25N/c1-5-9-12(10-6-2)11(7-3)8-4/h11H,5-10H2,1-4H3. The maximum atomic E-state index is 2.64. The lowest BCUT2D eigenvalue weighted by Gasteiger charge is -2.29. The summed E-state index contributed by atoms with van der Waals surface area (Å²) in [4.78, 5) is 2.64. The average molecular weight is 171 g/mol. The van der Waals surface area contributed by atoms with Crippen LogP contribution in [-0.4, -0.2) is 24.0 Å². The lowest BCUT2D eigenvalue weighted by molar-refractivity contribution is 0.186. The molecule has 0 aliphatic carbocycles. The average Bonchev–Trinajstić information content (AvgIpc) is 2.07. The van der Waals surface area contributed by atoms with E-state index in [2.05, 4.69) is 32.6 Å². The van der Waals surface area contributed by atoms with Gasteiger partial charge in [0.2, 0.25) is 0 Å². The van der Waals surface area contributed by atoms with Crippen LogP contribution in [0.15, 0.2) is 0 Å². The van der Waals surface area contributed by atoms with Gasteiger partial charge in [0, 0.05) is 6.04 Å². The number of hydrogen-bond acceptors (Lipinski definition) is 1. The van der Waals surface area contributed by atoms with E-state index >= 15 is 0 Å². The first kappa shape index (κ1) is 12.0. The topological polar surface area (TPSA) is 3.24 Å². The Bertz CT molecular complexity index is 81.0. The Morgan fingerprint density at radius 1 is 0.833 bits per heavy atom. The monoisotopic (exact) mass is 171 g/mol. The fourth-order valence-corrected chi connectivity index (χ4v) is 1.86. The van der Waals surface area contributed by atoms with Crippen molar-refractivity contribution in [1.29, 1.82) is 0 Å². The quantitative estimate of drug-likeness (QED) is 0.568. The first-order chi connectivity index (χ1) is 5.79. The Labute approximate surface area is 78.1 Å². The molecule has 0 heterocycles. The Hall–Kier alpha value is -0.0400. The van der Waals surface area contributed by atoms with Crippen molar-refractivity contribution in [1.82, 2.24) is 4.90 Å². The van der Waals surface area contributed by atoms with Crippen LogP contribution in [0, 0.1) is 0 Å². The van der Waals surface area contributed by atoms with Crippen molar-refractivity contribution in [3.05, 3.63) is 0 Å². The van der Waals surface area contributed by atoms with Gasteiger partial charge in [-0.1, -0.05) is 27.7 Å². The number of nitrogens with zero attached hydrogens (tertiary/aromatic N) is 1. The van der Waals surface area contributed by atoms with Crippen molar-refractivity contribution in [2.45, 2.75) is 59.4 Å². The Kier molecular flexibility index (Phi) is 7.58. The van der Waals surface area contributed by atoms with E-state index in [1.807, 2.05) is 0 Å². The Morgan fingerprint density at radius 2 is 1.25 bits per heavy atom. The minimum Gasteiger partial charge on any atom is -0.300 e. The van der Waals surface area contributed by atoms with Gasteiger partial charge < -0.3 is 4.90 Å². The molecular formula is C11H25N. The summed E-state index contributed by atoms with van der Waals surface area (Å²) in [6.45, 7) is 11.7. The smallest absolute Gasteiger partial charge is 0.00900 e. The summed E-state index contributed by atoms with van der Waals surface area (Å²) in [5, 5.41) is 0. The summed E-state index contributed by atoms with van der Waals surface area (Å²) in [6, 6.07) is 0.824. The van der Waals surface area contributed by atoms with Gasteiger partial charge in [0.25, 0.3) is 0 Å². The molecule has 0 N–H and O–H groups in total. The lowest BCUT2D eigenvalue weighted by Crippen LogP contribution is -2.35. The van der Waals surface area contributed by atoms with Crippen LogP contribution < -0.4 is 0 Å². The van der Waals surface area contributed by atoms with Gasteiger partial charge in [-0.15, -0.1) is 0 Å². The summed E-state index contributed by atoms with van der Waals surface area (Å²) in [5.41, 5.74) is 0. The third-order valence-electron chi connectivity index (χ3n) is 2.48. The molecule has 0 rings (SSSR count). The first-order valence-electron chi connectivity index (χ1n) is 5.54. The molecule has 0 aromatic carbocycles. The minimum atomic E-state index is 0.824. The molecule has 1 heteroatoms. The van der Waals surface area contributed by atoms with Gasteiger partial charge in [-0.05, 0) is 38.8 Å². The van der Waals surface area contributed by atoms with E-state index in [0.717, 1.165) is 6.04 Å². The van der Waals surface area contributed by atoms with Crippen LogP contribution in [-0.2, 0) is 0 Å². The van der Waals surface area contributed by atoms with Crippen molar-refractivity contribution in [3.63, 3.8) is 0 Å². The molecule has 0 aromatic rings. The minimum absolute atomic E-state index is 0.824. The molecule has 0 amide bonds. The fourth-order valence-electron chi connectivity index (χ4n) is 1.86. The van der Waals surface area contributed by atoms with Crippen molar-refractivity contribution < 1.29 is 0 Å². The molecule has 0 unspecified atom stereocenters. The van der Waals surface area contributed by atoms with Gasteiger partial charge in [0.05, 0.1) is 0 Å². The lowest BCUT2D eigenvalue weighted by atomic mass is 10.1. The molecule has 0 spiro atoms. The normalized spacial score (nSPS) is 11.5. The predicted molar refractivity (Wildman–Crippen MR) is 56.5 cm³/mol. The molecule has 0 fully saturated rings. The van der Waals surface area contributed by atoms with E-state index in [9.17, 15) is 0 Å². The van der Waals surface area contributed by atoms with Gasteiger partial charge >= 0.3 is 0 Å². The Balaban J connectivity index is 3.86. The zero-order chi connectivity index (χ0) is 9.40. The molecule has 1 nitrogen and oxygen atoms in total. The zero-order valence-corrected chi connectivity index (χ0v) is 9.27. The molecule has 74 valence electrons. The molecule has 12 heavy (non-hydrogen) atoms. The van der Waals surface area contributed by atoms with Crippen molar-refractivity contribution in [2.24, 2.45) is 0 Å². The van der Waals surface area contributed by atoms with E-state index in [0.29, 0.717) is 0 Å². The highest BCUT2D eigenvalue weighted by atomic mass is 15.1. The summed E-state index contributed by atoms with van der Waals surface area (Å²) in [7, 11) is 0. The second-order valence-electron chi connectivity index (χ2n) is 3.51. The summed E-state index contributed by atoms with van der Waals surface area (Å²) >= 11 is 0. The first-order valence-corrected chi connectivity index (χ1v) is 5.54. The van der Waals surface area contributed by atoms with E-state index in [1.165, 1.54) is 38.8 Å². The van der Waals surface area contributed by atoms with Gasteiger partial charge in [-0.25, -0.2) is 0 Å².